The Labute approximate surface area is 106 Å². The Morgan fingerprint density at radius 1 is 1.50 bits per heavy atom. The average molecular weight is 255 g/mol. The minimum Gasteiger partial charge on any atom is -0.288 e. The number of halogens is 1. The van der Waals surface area contributed by atoms with E-state index in [0.717, 1.165) is 28.3 Å². The van der Waals surface area contributed by atoms with Crippen molar-refractivity contribution in [2.75, 3.05) is 5.75 Å². The van der Waals surface area contributed by atoms with Gasteiger partial charge in [-0.1, -0.05) is 47.6 Å². The number of thioether (sulfide) groups is 1. The van der Waals surface area contributed by atoms with Crippen LogP contribution in [0.5, 0.6) is 0 Å². The molecule has 0 aliphatic heterocycles. The summed E-state index contributed by atoms with van der Waals surface area (Å²) in [7, 11) is 0. The van der Waals surface area contributed by atoms with Gasteiger partial charge in [0.2, 0.25) is 0 Å². The van der Waals surface area contributed by atoms with E-state index < -0.39 is 0 Å². The molecular formula is C13H15ClOS. The minimum atomic E-state index is 0.177. The van der Waals surface area contributed by atoms with Gasteiger partial charge < -0.3 is 0 Å². The Hall–Kier alpha value is -0.730. The Kier molecular flexibility index (Phi) is 5.64. The van der Waals surface area contributed by atoms with Crippen molar-refractivity contribution in [2.24, 2.45) is 0 Å². The van der Waals surface area contributed by atoms with Crippen molar-refractivity contribution in [2.45, 2.75) is 20.3 Å². The van der Waals surface area contributed by atoms with Crippen LogP contribution in [0.3, 0.4) is 0 Å². The monoisotopic (exact) mass is 254 g/mol. The smallest absolute Gasteiger partial charge is 0.185 e. The summed E-state index contributed by atoms with van der Waals surface area (Å²) in [6.45, 7) is 3.59. The lowest BCUT2D eigenvalue weighted by molar-refractivity contribution is -0.109. The molecule has 3 heteroatoms. The van der Waals surface area contributed by atoms with Crippen molar-refractivity contribution in [1.29, 1.82) is 0 Å². The zero-order valence-electron chi connectivity index (χ0n) is 9.50. The van der Waals surface area contributed by atoms with E-state index in [1.807, 2.05) is 19.1 Å². The van der Waals surface area contributed by atoms with E-state index in [-0.39, 0.29) is 5.12 Å². The van der Waals surface area contributed by atoms with Crippen LogP contribution in [0.4, 0.5) is 0 Å². The molecule has 0 aliphatic carbocycles. The van der Waals surface area contributed by atoms with Crippen molar-refractivity contribution in [3.8, 4) is 0 Å². The SMILES string of the molecule is CC(=O)SCCC=Cc1ccc(Cl)c(C)c1. The summed E-state index contributed by atoms with van der Waals surface area (Å²) in [5.74, 6) is 0.846. The van der Waals surface area contributed by atoms with Gasteiger partial charge in [-0.2, -0.15) is 0 Å². The Balaban J connectivity index is 2.44. The number of hydrogen-bond donors (Lipinski definition) is 0. The summed E-state index contributed by atoms with van der Waals surface area (Å²) >= 11 is 7.30. The van der Waals surface area contributed by atoms with Crippen LogP contribution >= 0.6 is 23.4 Å². The first kappa shape index (κ1) is 13.3. The number of aryl methyl sites for hydroxylation is 1. The van der Waals surface area contributed by atoms with E-state index in [1.54, 1.807) is 6.92 Å². The molecule has 0 atom stereocenters. The van der Waals surface area contributed by atoms with Crippen molar-refractivity contribution in [3.63, 3.8) is 0 Å². The quantitative estimate of drug-likeness (QED) is 0.744. The minimum absolute atomic E-state index is 0.177. The van der Waals surface area contributed by atoms with Crippen molar-refractivity contribution < 1.29 is 4.79 Å². The third kappa shape index (κ3) is 4.86. The Morgan fingerprint density at radius 2 is 2.25 bits per heavy atom. The predicted molar refractivity (Wildman–Crippen MR) is 73.0 cm³/mol. The second-order valence-electron chi connectivity index (χ2n) is 3.54. The van der Waals surface area contributed by atoms with Gasteiger partial charge in [-0.05, 0) is 30.5 Å². The van der Waals surface area contributed by atoms with Crippen LogP contribution in [-0.2, 0) is 4.79 Å². The maximum Gasteiger partial charge on any atom is 0.185 e. The maximum atomic E-state index is 10.7. The van der Waals surface area contributed by atoms with Crippen LogP contribution in [-0.4, -0.2) is 10.9 Å². The molecule has 0 aromatic heterocycles. The molecule has 0 heterocycles. The van der Waals surface area contributed by atoms with Gasteiger partial charge in [-0.15, -0.1) is 0 Å². The summed E-state index contributed by atoms with van der Waals surface area (Å²) in [5, 5.41) is 0.972. The van der Waals surface area contributed by atoms with E-state index in [0.29, 0.717) is 0 Å². The van der Waals surface area contributed by atoms with Gasteiger partial charge in [-0.3, -0.25) is 4.79 Å². The summed E-state index contributed by atoms with van der Waals surface area (Å²) < 4.78 is 0. The molecule has 0 aliphatic rings. The van der Waals surface area contributed by atoms with Gasteiger partial charge in [-0.25, -0.2) is 0 Å². The lowest BCUT2D eigenvalue weighted by Crippen LogP contribution is -1.83. The van der Waals surface area contributed by atoms with Crippen LogP contribution in [0.2, 0.25) is 5.02 Å². The van der Waals surface area contributed by atoms with Crippen LogP contribution in [0.25, 0.3) is 6.08 Å². The highest BCUT2D eigenvalue weighted by Gasteiger charge is 1.94. The molecule has 0 saturated carbocycles. The zero-order chi connectivity index (χ0) is 12.0. The van der Waals surface area contributed by atoms with Crippen LogP contribution in [0, 0.1) is 6.92 Å². The van der Waals surface area contributed by atoms with E-state index in [4.69, 9.17) is 11.6 Å². The summed E-state index contributed by atoms with van der Waals surface area (Å²) in [6.07, 6.45) is 5.05. The second-order valence-corrected chi connectivity index (χ2v) is 5.22. The molecule has 0 spiro atoms. The highest BCUT2D eigenvalue weighted by Crippen LogP contribution is 2.17. The lowest BCUT2D eigenvalue weighted by Gasteiger charge is -1.99. The Morgan fingerprint density at radius 3 is 2.88 bits per heavy atom. The van der Waals surface area contributed by atoms with Gasteiger partial charge >= 0.3 is 0 Å². The van der Waals surface area contributed by atoms with Gasteiger partial charge in [0.1, 0.15) is 0 Å². The van der Waals surface area contributed by atoms with Crippen molar-refractivity contribution >= 4 is 34.6 Å². The third-order valence-electron chi connectivity index (χ3n) is 2.08. The first-order valence-electron chi connectivity index (χ1n) is 5.15. The molecule has 0 unspecified atom stereocenters. The number of allylic oxidation sites excluding steroid dienone is 1. The zero-order valence-corrected chi connectivity index (χ0v) is 11.1. The topological polar surface area (TPSA) is 17.1 Å². The molecular weight excluding hydrogens is 240 g/mol. The molecule has 1 rings (SSSR count). The highest BCUT2D eigenvalue weighted by atomic mass is 35.5. The molecule has 0 radical (unpaired) electrons. The number of rotatable bonds is 4. The number of hydrogen-bond acceptors (Lipinski definition) is 2. The lowest BCUT2D eigenvalue weighted by atomic mass is 10.1. The van der Waals surface area contributed by atoms with Gasteiger partial charge in [0.25, 0.3) is 0 Å². The molecule has 1 aromatic carbocycles. The van der Waals surface area contributed by atoms with Crippen molar-refractivity contribution in [1.82, 2.24) is 0 Å². The first-order chi connectivity index (χ1) is 7.59. The van der Waals surface area contributed by atoms with E-state index in [9.17, 15) is 4.79 Å². The normalized spacial score (nSPS) is 10.9. The second kappa shape index (κ2) is 6.77. The van der Waals surface area contributed by atoms with Crippen LogP contribution in [0.1, 0.15) is 24.5 Å². The molecule has 0 saturated heterocycles. The molecule has 86 valence electrons. The van der Waals surface area contributed by atoms with E-state index in [2.05, 4.69) is 18.2 Å². The number of carbonyl (C=O) groups is 1. The average Bonchev–Trinajstić information content (AvgIpc) is 2.22. The summed E-state index contributed by atoms with van der Waals surface area (Å²) in [5.41, 5.74) is 2.23. The molecule has 16 heavy (non-hydrogen) atoms. The summed E-state index contributed by atoms with van der Waals surface area (Å²) in [4.78, 5) is 10.7. The van der Waals surface area contributed by atoms with Gasteiger partial charge in [0.15, 0.2) is 5.12 Å². The fourth-order valence-corrected chi connectivity index (χ4v) is 1.92. The molecule has 0 N–H and O–H groups in total. The van der Waals surface area contributed by atoms with E-state index in [1.165, 1.54) is 11.8 Å². The van der Waals surface area contributed by atoms with Gasteiger partial charge in [0, 0.05) is 17.7 Å². The predicted octanol–water partition coefficient (Wildman–Crippen LogP) is 4.33. The van der Waals surface area contributed by atoms with E-state index >= 15 is 0 Å². The third-order valence-corrected chi connectivity index (χ3v) is 3.35. The fourth-order valence-electron chi connectivity index (χ4n) is 1.26. The highest BCUT2D eigenvalue weighted by molar-refractivity contribution is 8.13. The Bertz CT molecular complexity index is 399. The standard InChI is InChI=1S/C13H15ClOS/c1-10-9-12(6-7-13(10)14)5-3-4-8-16-11(2)15/h3,5-7,9H,4,8H2,1-2H3. The molecule has 1 nitrogen and oxygen atoms in total. The molecule has 0 amide bonds. The molecule has 1 aromatic rings. The summed E-state index contributed by atoms with van der Waals surface area (Å²) in [6, 6.07) is 5.95. The van der Waals surface area contributed by atoms with Crippen LogP contribution in [0.15, 0.2) is 24.3 Å². The fraction of sp³-hybridized carbons (Fsp3) is 0.308. The number of benzene rings is 1. The van der Waals surface area contributed by atoms with Crippen LogP contribution < -0.4 is 0 Å². The van der Waals surface area contributed by atoms with Gasteiger partial charge in [0.05, 0.1) is 0 Å². The first-order valence-corrected chi connectivity index (χ1v) is 6.52. The maximum absolute atomic E-state index is 10.7. The number of carbonyl (C=O) groups excluding carboxylic acids is 1. The largest absolute Gasteiger partial charge is 0.288 e. The molecule has 0 bridgehead atoms. The molecule has 0 fully saturated rings. The van der Waals surface area contributed by atoms with Crippen molar-refractivity contribution in [3.05, 3.63) is 40.4 Å².